The first-order valence-corrected chi connectivity index (χ1v) is 19.9. The standard InChI is InChI=1S/3C10H16F2.C9H13F2.2CN.2CH3.3Cu.HI.2Li.Th/c3*1-4-6-8-10(11,12)9(3)7-5-2;1-4-6-7-9(10,11)8(3)5-2;2*1-2;;;;;;;;;/h3*5-9H,4H2,1-3H3;2,5-8H,4H2,1,3H3;;;2*1H3;;;;1H;;;/q;;;5*-1;+1;2*+2;;;+1;/p-1/b3*7-5+,8-6?;;;;;;;;;;;;. The summed E-state index contributed by atoms with van der Waals surface area (Å²) in [5.74, 6) is -14.0. The summed E-state index contributed by atoms with van der Waals surface area (Å²) < 4.78 is 104. The smallest absolute Gasteiger partial charge is 0 e. The molecule has 4 unspecified atom stereocenters. The fourth-order valence-corrected chi connectivity index (χ4v) is 3.09. The number of nitrogens with zero attached hydrogens (tertiary/aromatic N) is 2. The second kappa shape index (κ2) is 66.7. The number of hydrogen-bond donors (Lipinski definition) is 0. The van der Waals surface area contributed by atoms with Gasteiger partial charge in [0.25, 0.3) is 23.7 Å². The molecule has 2 radical (unpaired) electrons. The van der Waals surface area contributed by atoms with Gasteiger partial charge in [-0.05, 0) is 70.8 Å². The van der Waals surface area contributed by atoms with Crippen molar-refractivity contribution >= 4 is 39.2 Å². The first-order chi connectivity index (χ1) is 24.7. The molecule has 351 valence electrons. The number of halogens is 9. The van der Waals surface area contributed by atoms with Gasteiger partial charge in [0, 0.05) is 82.5 Å². The van der Waals surface area contributed by atoms with E-state index in [1.165, 1.54) is 70.2 Å². The van der Waals surface area contributed by atoms with Gasteiger partial charge in [-0.25, -0.2) is 35.1 Å². The van der Waals surface area contributed by atoms with Gasteiger partial charge in [0.15, 0.2) is 0 Å². The van der Waals surface area contributed by atoms with Gasteiger partial charge >= 0.3 is 86.1 Å². The van der Waals surface area contributed by atoms with Crippen LogP contribution in [0.2, 0.25) is 0 Å². The maximum atomic E-state index is 13.1. The van der Waals surface area contributed by atoms with Crippen molar-refractivity contribution in [3.63, 3.8) is 0 Å². The van der Waals surface area contributed by atoms with Crippen LogP contribution in [0.5, 0.6) is 0 Å². The molecule has 0 saturated heterocycles. The molecule has 0 aliphatic carbocycles. The van der Waals surface area contributed by atoms with Gasteiger partial charge in [0.05, 0.1) is 0 Å². The van der Waals surface area contributed by atoms with Crippen molar-refractivity contribution in [3.8, 4) is 0 Å². The molecule has 0 aliphatic rings. The normalized spacial score (nSPS) is 12.6. The molecule has 0 N–H and O–H groups in total. The van der Waals surface area contributed by atoms with Gasteiger partial charge in [0.2, 0.25) is 0 Å². The van der Waals surface area contributed by atoms with Crippen LogP contribution in [0.15, 0.2) is 91.1 Å². The van der Waals surface area contributed by atoms with Crippen LogP contribution >= 0.6 is 20.3 Å². The maximum Gasteiger partial charge on any atom is 1.00 e. The van der Waals surface area contributed by atoms with Gasteiger partial charge in [0.1, 0.15) is 0 Å². The van der Waals surface area contributed by atoms with E-state index in [0.717, 1.165) is 30.4 Å². The number of rotatable bonds is 16. The second-order valence-electron chi connectivity index (χ2n) is 10.9. The van der Waals surface area contributed by atoms with Crippen LogP contribution in [0.25, 0.3) is 0 Å². The summed E-state index contributed by atoms with van der Waals surface area (Å²) >= 11 is 5.87. The minimum Gasteiger partial charge on any atom is 0 e. The maximum absolute atomic E-state index is 13.1. The van der Waals surface area contributed by atoms with Crippen LogP contribution in [-0.4, -0.2) is 42.6 Å². The summed E-state index contributed by atoms with van der Waals surface area (Å²) in [5.41, 5.74) is 0. The molecule has 4 atom stereocenters. The van der Waals surface area contributed by atoms with E-state index in [-0.39, 0.29) is 127 Å². The van der Waals surface area contributed by atoms with E-state index in [1.807, 2.05) is 27.7 Å². The van der Waals surface area contributed by atoms with Crippen LogP contribution in [0.1, 0.15) is 102 Å². The van der Waals surface area contributed by atoms with Crippen molar-refractivity contribution < 1.29 is 141 Å². The molecule has 0 aliphatic heterocycles. The summed E-state index contributed by atoms with van der Waals surface area (Å²) in [6.07, 6.45) is 22.9. The molecular weight excluding hydrogens is 1260 g/mol. The zero-order valence-electron chi connectivity index (χ0n) is 38.1. The van der Waals surface area contributed by atoms with E-state index in [9.17, 15) is 35.1 Å². The van der Waals surface area contributed by atoms with Gasteiger partial charge in [-0.1, -0.05) is 116 Å². The summed E-state index contributed by atoms with van der Waals surface area (Å²) in [5, 5.41) is 12.5. The molecule has 2 nitrogen and oxygen atoms in total. The van der Waals surface area contributed by atoms with E-state index >= 15 is 0 Å². The second-order valence-corrected chi connectivity index (χ2v) is 10.9. The Labute approximate surface area is 459 Å². The van der Waals surface area contributed by atoms with Crippen LogP contribution in [0.3, 0.4) is 0 Å². The van der Waals surface area contributed by atoms with Crippen LogP contribution < -0.4 is 18.9 Å². The first-order valence-electron chi connectivity index (χ1n) is 16.9. The van der Waals surface area contributed by atoms with Crippen LogP contribution in [0.4, 0.5) is 35.1 Å². The molecule has 0 heterocycles. The Morgan fingerprint density at radius 1 is 0.533 bits per heavy atom. The van der Waals surface area contributed by atoms with Gasteiger partial charge < -0.3 is 45.1 Å². The molecule has 0 bridgehead atoms. The SMILES string of the molecule is C/C=C/C(C)C(F)(F)C=CCC.C/C=C/C(C)C(F)(F)C=CCC.C/C=C/C(C)C(F)(F)C=CCC.[C-]#N.[C-]#N.[CH-]=CC(C)C(F)(F)C=CCC.[CH3-].[CH3-].[Cu+2].[Cu+].[Cu+][I].[Li+].[Li].[Th]. The molecule has 0 saturated carbocycles. The molecule has 0 aromatic heterocycles. The van der Waals surface area contributed by atoms with E-state index in [0.29, 0.717) is 25.7 Å². The molecule has 0 spiro atoms. The third kappa shape index (κ3) is 63.4. The monoisotopic (exact) mass is 1330 g/mol. The molecule has 0 rings (SSSR count). The van der Waals surface area contributed by atoms with Gasteiger partial charge in [-0.3, -0.25) is 6.08 Å². The Hall–Kier alpha value is 1.15. The van der Waals surface area contributed by atoms with Crippen molar-refractivity contribution in [2.45, 2.75) is 126 Å². The predicted octanol–water partition coefficient (Wildman–Crippen LogP) is 13.2. The van der Waals surface area contributed by atoms with Crippen molar-refractivity contribution in [2.75, 3.05) is 0 Å². The Morgan fingerprint density at radius 2 is 0.683 bits per heavy atom. The summed E-state index contributed by atoms with van der Waals surface area (Å²) in [7, 11) is 0. The van der Waals surface area contributed by atoms with E-state index in [1.54, 1.807) is 59.3 Å². The largest absolute Gasteiger partial charge is 1.00 e. The average Bonchev–Trinajstić information content (AvgIpc) is 3.14. The first kappa shape index (κ1) is 99.5. The third-order valence-corrected chi connectivity index (χ3v) is 6.46. The summed E-state index contributed by atoms with van der Waals surface area (Å²) in [4.78, 5) is 0. The minimum absolute atomic E-state index is 0. The van der Waals surface area contributed by atoms with Gasteiger partial charge in [-0.15, -0.1) is 0 Å². The fourth-order valence-electron chi connectivity index (χ4n) is 3.09. The molecular formula is C43H67Cu3F8ILi2N2Th. The zero-order valence-corrected chi connectivity index (χ0v) is 47.2. The molecule has 0 aromatic rings. The molecule has 17 heteroatoms. The Kier molecular flexibility index (Phi) is 111. The topological polar surface area (TPSA) is 47.6 Å². The van der Waals surface area contributed by atoms with Crippen molar-refractivity contribution in [2.24, 2.45) is 23.7 Å². The summed E-state index contributed by atoms with van der Waals surface area (Å²) in [6, 6.07) is 0. The van der Waals surface area contributed by atoms with E-state index in [4.69, 9.17) is 30.2 Å². The molecule has 0 aromatic carbocycles. The molecule has 0 amide bonds. The Balaban J connectivity index is -0.0000000362. The predicted molar refractivity (Wildman–Crippen MR) is 230 cm³/mol. The van der Waals surface area contributed by atoms with E-state index < -0.39 is 47.4 Å². The third-order valence-electron chi connectivity index (χ3n) is 6.46. The number of allylic oxidation sites excluding steroid dienone is 15. The van der Waals surface area contributed by atoms with Crippen molar-refractivity contribution in [3.05, 3.63) is 126 Å². The Morgan fingerprint density at radius 3 is 0.800 bits per heavy atom. The van der Waals surface area contributed by atoms with Crippen molar-refractivity contribution in [1.82, 2.24) is 0 Å². The fraction of sp³-hybridized carbons (Fsp3) is 0.535. The zero-order chi connectivity index (χ0) is 43.7. The Bertz CT molecular complexity index is 1010. The number of hydrogen-bond acceptors (Lipinski definition) is 2. The van der Waals surface area contributed by atoms with E-state index in [2.05, 4.69) is 12.8 Å². The van der Waals surface area contributed by atoms with Gasteiger partial charge in [-0.2, -0.15) is 0 Å². The minimum atomic E-state index is -2.80. The quantitative estimate of drug-likeness (QED) is 0.0508. The average molecular weight is 1330 g/mol. The summed E-state index contributed by atoms with van der Waals surface area (Å²) in [6.45, 7) is 33.0. The van der Waals surface area contributed by atoms with Crippen LogP contribution in [-0.2, 0) is 46.9 Å². The van der Waals surface area contributed by atoms with Crippen molar-refractivity contribution in [1.29, 1.82) is 10.5 Å². The molecule has 0 fully saturated rings. The molecule has 60 heavy (non-hydrogen) atoms. The van der Waals surface area contributed by atoms with Crippen LogP contribution in [0, 0.1) is 109 Å². The number of alkyl halides is 8.